The van der Waals surface area contributed by atoms with Gasteiger partial charge in [-0.25, -0.2) is 8.42 Å². The molecule has 0 radical (unpaired) electrons. The minimum Gasteiger partial charge on any atom is -0.506 e. The van der Waals surface area contributed by atoms with Gasteiger partial charge in [0.25, 0.3) is 0 Å². The van der Waals surface area contributed by atoms with Gasteiger partial charge in [0.2, 0.25) is 10.0 Å². The molecule has 0 saturated heterocycles. The van der Waals surface area contributed by atoms with Crippen molar-refractivity contribution >= 4 is 15.7 Å². The summed E-state index contributed by atoms with van der Waals surface area (Å²) >= 11 is 0. The highest BCUT2D eigenvalue weighted by atomic mass is 32.2. The lowest BCUT2D eigenvalue weighted by Crippen LogP contribution is -2.35. The second kappa shape index (κ2) is 6.21. The number of anilines is 1. The molecule has 1 aromatic rings. The number of aliphatic hydroxyl groups excluding tert-OH is 1. The van der Waals surface area contributed by atoms with Gasteiger partial charge in [-0.15, -0.1) is 0 Å². The maximum Gasteiger partial charge on any atom is 0.229 e. The number of rotatable bonds is 7. The van der Waals surface area contributed by atoms with E-state index in [0.717, 1.165) is 25.5 Å². The first-order chi connectivity index (χ1) is 9.80. The van der Waals surface area contributed by atoms with Gasteiger partial charge in [-0.2, -0.15) is 0 Å². The van der Waals surface area contributed by atoms with Crippen LogP contribution in [0.3, 0.4) is 0 Å². The Balaban J connectivity index is 2.19. The third-order valence-electron chi connectivity index (χ3n) is 3.51. The lowest BCUT2D eigenvalue weighted by atomic mass is 9.99. The summed E-state index contributed by atoms with van der Waals surface area (Å²) in [4.78, 5) is 0. The van der Waals surface area contributed by atoms with Crippen LogP contribution in [0.25, 0.3) is 0 Å². The maximum absolute atomic E-state index is 11.3. The van der Waals surface area contributed by atoms with Crippen LogP contribution in [0.4, 0.5) is 5.69 Å². The molecule has 0 bridgehead atoms. The summed E-state index contributed by atoms with van der Waals surface area (Å²) in [6.45, 7) is 1.99. The maximum atomic E-state index is 11.3. The molecule has 0 amide bonds. The van der Waals surface area contributed by atoms with E-state index in [0.29, 0.717) is 11.6 Å². The Kier molecular flexibility index (Phi) is 4.75. The Hall–Kier alpha value is -1.31. The van der Waals surface area contributed by atoms with Crippen molar-refractivity contribution in [3.8, 4) is 5.75 Å². The van der Waals surface area contributed by atoms with Gasteiger partial charge in [0.15, 0.2) is 0 Å². The van der Waals surface area contributed by atoms with Crippen molar-refractivity contribution in [2.45, 2.75) is 44.4 Å². The summed E-state index contributed by atoms with van der Waals surface area (Å²) < 4.78 is 24.8. The fourth-order valence-corrected chi connectivity index (χ4v) is 2.80. The second-order valence-electron chi connectivity index (χ2n) is 5.55. The van der Waals surface area contributed by atoms with Crippen molar-refractivity contribution < 1.29 is 18.6 Å². The van der Waals surface area contributed by atoms with Crippen molar-refractivity contribution in [3.05, 3.63) is 23.8 Å². The van der Waals surface area contributed by atoms with Crippen molar-refractivity contribution in [1.29, 1.82) is 0 Å². The van der Waals surface area contributed by atoms with Crippen LogP contribution in [0.1, 0.15) is 37.9 Å². The first-order valence-corrected chi connectivity index (χ1v) is 8.94. The van der Waals surface area contributed by atoms with Crippen molar-refractivity contribution in [2.75, 3.05) is 11.0 Å². The summed E-state index contributed by atoms with van der Waals surface area (Å²) in [6, 6.07) is 4.84. The Labute approximate surface area is 125 Å². The number of benzene rings is 1. The Bertz CT molecular complexity index is 599. The first-order valence-electron chi connectivity index (χ1n) is 7.05. The fourth-order valence-electron chi connectivity index (χ4n) is 2.24. The standard InChI is InChI=1S/C14H22N2O4S/c1-3-11(15-10-5-6-10)14(18)9-4-7-13(17)12(8-9)16-21(2,19)20/h4,7-8,10-11,14-18H,3,5-6H2,1-2H3/t11-,14+/m0/s1. The van der Waals surface area contributed by atoms with Crippen LogP contribution in [0.15, 0.2) is 18.2 Å². The van der Waals surface area contributed by atoms with Crippen LogP contribution in [0.2, 0.25) is 0 Å². The number of phenols is 1. The van der Waals surface area contributed by atoms with E-state index in [9.17, 15) is 18.6 Å². The van der Waals surface area contributed by atoms with Gasteiger partial charge >= 0.3 is 0 Å². The molecule has 6 nitrogen and oxygen atoms in total. The zero-order valence-corrected chi connectivity index (χ0v) is 13.0. The normalized spacial score (nSPS) is 18.2. The van der Waals surface area contributed by atoms with E-state index in [-0.39, 0.29) is 17.5 Å². The molecule has 4 N–H and O–H groups in total. The molecule has 2 rings (SSSR count). The molecule has 1 fully saturated rings. The molecule has 0 heterocycles. The van der Waals surface area contributed by atoms with Crippen molar-refractivity contribution in [3.63, 3.8) is 0 Å². The molecule has 1 saturated carbocycles. The monoisotopic (exact) mass is 314 g/mol. The Morgan fingerprint density at radius 1 is 1.38 bits per heavy atom. The highest BCUT2D eigenvalue weighted by Crippen LogP contribution is 2.31. The smallest absolute Gasteiger partial charge is 0.229 e. The summed E-state index contributed by atoms with van der Waals surface area (Å²) in [5, 5.41) is 23.5. The minimum absolute atomic E-state index is 0.0790. The zero-order chi connectivity index (χ0) is 15.6. The number of aliphatic hydroxyl groups is 1. The number of phenolic OH excluding ortho intramolecular Hbond substituents is 1. The van der Waals surface area contributed by atoms with Crippen LogP contribution in [-0.2, 0) is 10.0 Å². The van der Waals surface area contributed by atoms with Gasteiger partial charge in [-0.05, 0) is 37.0 Å². The number of hydrogen-bond donors (Lipinski definition) is 4. The number of aromatic hydroxyl groups is 1. The van der Waals surface area contributed by atoms with E-state index >= 15 is 0 Å². The molecule has 0 aromatic heterocycles. The van der Waals surface area contributed by atoms with E-state index in [1.807, 2.05) is 6.92 Å². The number of nitrogens with one attached hydrogen (secondary N) is 2. The first kappa shape index (κ1) is 16.1. The molecule has 1 aromatic carbocycles. The molecule has 7 heteroatoms. The summed E-state index contributed by atoms with van der Waals surface area (Å²) in [5.74, 6) is -0.167. The van der Waals surface area contributed by atoms with Crippen LogP contribution in [0, 0.1) is 0 Å². The van der Waals surface area contributed by atoms with Crippen LogP contribution < -0.4 is 10.0 Å². The summed E-state index contributed by atoms with van der Waals surface area (Å²) in [5.41, 5.74) is 0.647. The molecule has 21 heavy (non-hydrogen) atoms. The molecule has 0 spiro atoms. The molecule has 1 aliphatic rings. The third-order valence-corrected chi connectivity index (χ3v) is 4.10. The van der Waals surface area contributed by atoms with Crippen LogP contribution in [0.5, 0.6) is 5.75 Å². The van der Waals surface area contributed by atoms with Crippen molar-refractivity contribution in [2.24, 2.45) is 0 Å². The largest absolute Gasteiger partial charge is 0.506 e. The molecule has 2 atom stereocenters. The quantitative estimate of drug-likeness (QED) is 0.569. The highest BCUT2D eigenvalue weighted by molar-refractivity contribution is 7.92. The summed E-state index contributed by atoms with van der Waals surface area (Å²) in [7, 11) is -3.48. The predicted octanol–water partition coefficient (Wildman–Crippen LogP) is 1.33. The third kappa shape index (κ3) is 4.59. The van der Waals surface area contributed by atoms with Gasteiger partial charge in [-0.3, -0.25) is 4.72 Å². The van der Waals surface area contributed by atoms with Crippen molar-refractivity contribution in [1.82, 2.24) is 5.32 Å². The number of hydrogen-bond acceptors (Lipinski definition) is 5. The highest BCUT2D eigenvalue weighted by Gasteiger charge is 2.28. The van der Waals surface area contributed by atoms with Crippen LogP contribution >= 0.6 is 0 Å². The van der Waals surface area contributed by atoms with E-state index in [1.165, 1.54) is 12.1 Å². The topological polar surface area (TPSA) is 98.7 Å². The molecule has 118 valence electrons. The lowest BCUT2D eigenvalue weighted by Gasteiger charge is -2.24. The Morgan fingerprint density at radius 3 is 2.57 bits per heavy atom. The molecular formula is C14H22N2O4S. The van der Waals surface area contributed by atoms with Gasteiger partial charge in [-0.1, -0.05) is 13.0 Å². The number of sulfonamides is 1. The summed E-state index contributed by atoms with van der Waals surface area (Å²) in [6.07, 6.45) is 3.27. The van der Waals surface area contributed by atoms with E-state index in [1.54, 1.807) is 6.07 Å². The average molecular weight is 314 g/mol. The van der Waals surface area contributed by atoms with E-state index in [2.05, 4.69) is 10.0 Å². The zero-order valence-electron chi connectivity index (χ0n) is 12.2. The van der Waals surface area contributed by atoms with Gasteiger partial charge in [0, 0.05) is 12.1 Å². The SMILES string of the molecule is CC[C@H](NC1CC1)[C@H](O)c1ccc(O)c(NS(C)(=O)=O)c1. The van der Waals surface area contributed by atoms with Gasteiger partial charge in [0.05, 0.1) is 18.0 Å². The molecule has 0 unspecified atom stereocenters. The molecular weight excluding hydrogens is 292 g/mol. The lowest BCUT2D eigenvalue weighted by molar-refractivity contribution is 0.125. The molecule has 1 aliphatic carbocycles. The molecule has 0 aliphatic heterocycles. The van der Waals surface area contributed by atoms with E-state index in [4.69, 9.17) is 0 Å². The van der Waals surface area contributed by atoms with Crippen LogP contribution in [-0.4, -0.2) is 37.0 Å². The van der Waals surface area contributed by atoms with Gasteiger partial charge < -0.3 is 15.5 Å². The predicted molar refractivity (Wildman–Crippen MR) is 81.8 cm³/mol. The average Bonchev–Trinajstić information content (AvgIpc) is 3.20. The minimum atomic E-state index is -3.48. The van der Waals surface area contributed by atoms with Gasteiger partial charge in [0.1, 0.15) is 5.75 Å². The second-order valence-corrected chi connectivity index (χ2v) is 7.30. The van der Waals surface area contributed by atoms with E-state index < -0.39 is 16.1 Å². The Morgan fingerprint density at radius 2 is 2.05 bits per heavy atom. The fraction of sp³-hybridized carbons (Fsp3) is 0.571.